The highest BCUT2D eigenvalue weighted by atomic mass is 16.1. The number of hydrogen-bond donors (Lipinski definition) is 1. The zero-order chi connectivity index (χ0) is 17.8. The number of nitrogens with one attached hydrogen (secondary N) is 1. The molecule has 1 heterocycles. The molecule has 1 atom stereocenters. The van der Waals surface area contributed by atoms with Crippen molar-refractivity contribution in [2.45, 2.75) is 33.2 Å². The number of para-hydroxylation sites is 1. The van der Waals surface area contributed by atoms with E-state index in [0.717, 1.165) is 17.7 Å². The third-order valence-electron chi connectivity index (χ3n) is 4.29. The number of hydrogen-bond acceptors (Lipinski definition) is 2. The molecule has 0 bridgehead atoms. The second kappa shape index (κ2) is 7.34. The van der Waals surface area contributed by atoms with Crippen molar-refractivity contribution in [3.05, 3.63) is 71.9 Å². The molecule has 1 aromatic heterocycles. The van der Waals surface area contributed by atoms with Crippen LogP contribution in [0.3, 0.4) is 0 Å². The second-order valence-corrected chi connectivity index (χ2v) is 6.32. The maximum atomic E-state index is 12.8. The van der Waals surface area contributed by atoms with Gasteiger partial charge in [-0.2, -0.15) is 5.10 Å². The smallest absolute Gasteiger partial charge is 0.255 e. The van der Waals surface area contributed by atoms with Crippen LogP contribution in [-0.4, -0.2) is 21.7 Å². The number of aromatic nitrogens is 2. The Labute approximate surface area is 148 Å². The van der Waals surface area contributed by atoms with Crippen LogP contribution in [0.2, 0.25) is 0 Å². The van der Waals surface area contributed by atoms with E-state index < -0.39 is 0 Å². The van der Waals surface area contributed by atoms with Gasteiger partial charge in [0.15, 0.2) is 0 Å². The summed E-state index contributed by atoms with van der Waals surface area (Å²) in [5.74, 6) is -0.0906. The van der Waals surface area contributed by atoms with Crippen LogP contribution in [-0.2, 0) is 0 Å². The van der Waals surface area contributed by atoms with E-state index in [2.05, 4.69) is 12.2 Å². The fraction of sp³-hybridized carbons (Fsp3) is 0.238. The van der Waals surface area contributed by atoms with Gasteiger partial charge in [0, 0.05) is 17.8 Å². The van der Waals surface area contributed by atoms with E-state index in [1.54, 1.807) is 4.68 Å². The first-order valence-corrected chi connectivity index (χ1v) is 8.61. The van der Waals surface area contributed by atoms with E-state index in [9.17, 15) is 4.79 Å². The van der Waals surface area contributed by atoms with Crippen molar-refractivity contribution >= 4 is 5.91 Å². The van der Waals surface area contributed by atoms with E-state index in [1.807, 2.05) is 74.6 Å². The molecule has 0 aliphatic rings. The van der Waals surface area contributed by atoms with Crippen molar-refractivity contribution in [2.24, 2.45) is 0 Å². The SMILES string of the molecule is CCC(C)NC(=O)c1cn(-c2ccccc2)nc1-c1ccc(C)cc1. The van der Waals surface area contributed by atoms with E-state index in [-0.39, 0.29) is 11.9 Å². The molecular weight excluding hydrogens is 310 g/mol. The van der Waals surface area contributed by atoms with E-state index in [4.69, 9.17) is 5.10 Å². The summed E-state index contributed by atoms with van der Waals surface area (Å²) in [4.78, 5) is 12.8. The lowest BCUT2D eigenvalue weighted by Gasteiger charge is -2.11. The lowest BCUT2D eigenvalue weighted by molar-refractivity contribution is 0.0940. The van der Waals surface area contributed by atoms with E-state index >= 15 is 0 Å². The van der Waals surface area contributed by atoms with Gasteiger partial charge in [-0.3, -0.25) is 4.79 Å². The topological polar surface area (TPSA) is 46.9 Å². The minimum Gasteiger partial charge on any atom is -0.349 e. The standard InChI is InChI=1S/C21H23N3O/c1-4-16(3)22-21(25)19-14-24(18-8-6-5-7-9-18)23-20(19)17-12-10-15(2)11-13-17/h5-14,16H,4H2,1-3H3,(H,22,25). The van der Waals surface area contributed by atoms with Crippen molar-refractivity contribution in [3.8, 4) is 16.9 Å². The first kappa shape index (κ1) is 17.0. The molecule has 4 heteroatoms. The molecule has 3 rings (SSSR count). The summed E-state index contributed by atoms with van der Waals surface area (Å²) >= 11 is 0. The number of nitrogens with zero attached hydrogens (tertiary/aromatic N) is 2. The summed E-state index contributed by atoms with van der Waals surface area (Å²) in [5, 5.41) is 7.73. The fourth-order valence-corrected chi connectivity index (χ4v) is 2.58. The number of aryl methyl sites for hydroxylation is 1. The van der Waals surface area contributed by atoms with Gasteiger partial charge in [0.05, 0.1) is 11.3 Å². The molecule has 0 saturated heterocycles. The lowest BCUT2D eigenvalue weighted by atomic mass is 10.1. The Kier molecular flexibility index (Phi) is 4.98. The van der Waals surface area contributed by atoms with Crippen molar-refractivity contribution < 1.29 is 4.79 Å². The van der Waals surface area contributed by atoms with Gasteiger partial charge in [-0.05, 0) is 32.4 Å². The maximum Gasteiger partial charge on any atom is 0.255 e. The number of carbonyl (C=O) groups excluding carboxylic acids is 1. The van der Waals surface area contributed by atoms with E-state index in [0.29, 0.717) is 11.3 Å². The van der Waals surface area contributed by atoms with Gasteiger partial charge in [-0.15, -0.1) is 0 Å². The van der Waals surface area contributed by atoms with Gasteiger partial charge in [-0.25, -0.2) is 4.68 Å². The largest absolute Gasteiger partial charge is 0.349 e. The van der Waals surface area contributed by atoms with Gasteiger partial charge in [0.1, 0.15) is 5.69 Å². The van der Waals surface area contributed by atoms with Crippen LogP contribution in [0.25, 0.3) is 16.9 Å². The molecule has 1 N–H and O–H groups in total. The summed E-state index contributed by atoms with van der Waals surface area (Å²) in [6.45, 7) is 6.10. The van der Waals surface area contributed by atoms with Gasteiger partial charge < -0.3 is 5.32 Å². The first-order chi connectivity index (χ1) is 12.1. The highest BCUT2D eigenvalue weighted by Gasteiger charge is 2.19. The summed E-state index contributed by atoms with van der Waals surface area (Å²) in [5.41, 5.74) is 4.34. The van der Waals surface area contributed by atoms with Crippen molar-refractivity contribution in [1.29, 1.82) is 0 Å². The van der Waals surface area contributed by atoms with E-state index in [1.165, 1.54) is 5.56 Å². The monoisotopic (exact) mass is 333 g/mol. The quantitative estimate of drug-likeness (QED) is 0.753. The Balaban J connectivity index is 2.06. The first-order valence-electron chi connectivity index (χ1n) is 8.61. The number of benzene rings is 2. The van der Waals surface area contributed by atoms with Crippen LogP contribution in [0.4, 0.5) is 0 Å². The minimum absolute atomic E-state index is 0.0906. The van der Waals surface area contributed by atoms with Crippen LogP contribution < -0.4 is 5.32 Å². The Morgan fingerprint density at radius 1 is 1.12 bits per heavy atom. The highest BCUT2D eigenvalue weighted by Crippen LogP contribution is 2.24. The van der Waals surface area contributed by atoms with Crippen LogP contribution in [0, 0.1) is 6.92 Å². The van der Waals surface area contributed by atoms with Crippen LogP contribution in [0.15, 0.2) is 60.8 Å². The molecule has 25 heavy (non-hydrogen) atoms. The predicted octanol–water partition coefficient (Wildman–Crippen LogP) is 4.38. The summed E-state index contributed by atoms with van der Waals surface area (Å²) in [7, 11) is 0. The van der Waals surface area contributed by atoms with Gasteiger partial charge in [0.25, 0.3) is 5.91 Å². The van der Waals surface area contributed by atoms with Gasteiger partial charge >= 0.3 is 0 Å². The number of rotatable bonds is 5. The Hall–Kier alpha value is -2.88. The minimum atomic E-state index is -0.0906. The molecule has 0 saturated carbocycles. The van der Waals surface area contributed by atoms with Gasteiger partial charge in [-0.1, -0.05) is 55.0 Å². The number of carbonyl (C=O) groups is 1. The highest BCUT2D eigenvalue weighted by molar-refractivity contribution is 6.00. The molecule has 3 aromatic rings. The molecule has 1 unspecified atom stereocenters. The molecule has 0 spiro atoms. The Bertz CT molecular complexity index is 851. The third-order valence-corrected chi connectivity index (χ3v) is 4.29. The maximum absolute atomic E-state index is 12.8. The summed E-state index contributed by atoms with van der Waals surface area (Å²) < 4.78 is 1.76. The second-order valence-electron chi connectivity index (χ2n) is 6.32. The molecule has 0 fully saturated rings. The van der Waals surface area contributed by atoms with Crippen molar-refractivity contribution in [2.75, 3.05) is 0 Å². The molecule has 0 aliphatic heterocycles. The number of amides is 1. The molecule has 2 aromatic carbocycles. The predicted molar refractivity (Wildman–Crippen MR) is 101 cm³/mol. The molecule has 4 nitrogen and oxygen atoms in total. The molecule has 0 radical (unpaired) electrons. The van der Waals surface area contributed by atoms with Crippen LogP contribution in [0.1, 0.15) is 36.2 Å². The van der Waals surface area contributed by atoms with Gasteiger partial charge in [0.2, 0.25) is 0 Å². The zero-order valence-corrected chi connectivity index (χ0v) is 14.9. The summed E-state index contributed by atoms with van der Waals surface area (Å²) in [6, 6.07) is 18.0. The van der Waals surface area contributed by atoms with Crippen molar-refractivity contribution in [3.63, 3.8) is 0 Å². The lowest BCUT2D eigenvalue weighted by Crippen LogP contribution is -2.32. The molecule has 0 aliphatic carbocycles. The fourth-order valence-electron chi connectivity index (χ4n) is 2.58. The van der Waals surface area contributed by atoms with Crippen LogP contribution in [0.5, 0.6) is 0 Å². The molecule has 1 amide bonds. The Morgan fingerprint density at radius 3 is 2.44 bits per heavy atom. The van der Waals surface area contributed by atoms with Crippen LogP contribution >= 0.6 is 0 Å². The average Bonchev–Trinajstić information content (AvgIpc) is 3.08. The normalized spacial score (nSPS) is 12.0. The summed E-state index contributed by atoms with van der Waals surface area (Å²) in [6.07, 6.45) is 2.70. The third kappa shape index (κ3) is 3.79. The average molecular weight is 333 g/mol. The zero-order valence-electron chi connectivity index (χ0n) is 14.9. The molecular formula is C21H23N3O. The Morgan fingerprint density at radius 2 is 1.80 bits per heavy atom. The van der Waals surface area contributed by atoms with Crippen molar-refractivity contribution in [1.82, 2.24) is 15.1 Å². The molecule has 128 valence electrons.